The van der Waals surface area contributed by atoms with Crippen molar-refractivity contribution in [3.05, 3.63) is 53.1 Å². The number of halogens is 1. The molecule has 0 aliphatic heterocycles. The summed E-state index contributed by atoms with van der Waals surface area (Å²) in [6.07, 6.45) is 0. The van der Waals surface area contributed by atoms with Gasteiger partial charge in [0.2, 0.25) is 10.0 Å². The van der Waals surface area contributed by atoms with E-state index in [9.17, 15) is 8.42 Å². The van der Waals surface area contributed by atoms with Crippen LogP contribution in [-0.2, 0) is 10.0 Å². The maximum Gasteiger partial charge on any atom is 0.244 e. The Balaban J connectivity index is 2.00. The number of para-hydroxylation sites is 1. The average molecular weight is 356 g/mol. The molecule has 5 nitrogen and oxygen atoms in total. The lowest BCUT2D eigenvalue weighted by molar-refractivity contribution is 0.320. The Morgan fingerprint density at radius 2 is 1.87 bits per heavy atom. The predicted octanol–water partition coefficient (Wildman–Crippen LogP) is 3.01. The standard InChI is InChI=1S/C16H18ClNO4S/c1-12-5-3-4-6-14(12)22-10-9-18-23(19,20)16-11-13(17)7-8-15(16)21-2/h3-8,11,18H,9-10H2,1-2H3. The Kier molecular flexibility index (Phi) is 5.87. The van der Waals surface area contributed by atoms with Crippen molar-refractivity contribution >= 4 is 21.6 Å². The molecule has 0 spiro atoms. The van der Waals surface area contributed by atoms with Crippen LogP contribution in [-0.4, -0.2) is 28.7 Å². The smallest absolute Gasteiger partial charge is 0.244 e. The van der Waals surface area contributed by atoms with Crippen LogP contribution in [0.2, 0.25) is 5.02 Å². The molecule has 0 heterocycles. The minimum atomic E-state index is -3.73. The highest BCUT2D eigenvalue weighted by Crippen LogP contribution is 2.26. The number of hydrogen-bond acceptors (Lipinski definition) is 4. The highest BCUT2D eigenvalue weighted by molar-refractivity contribution is 7.89. The number of nitrogens with one attached hydrogen (secondary N) is 1. The number of methoxy groups -OCH3 is 1. The zero-order chi connectivity index (χ0) is 16.9. The molecule has 0 aliphatic rings. The van der Waals surface area contributed by atoms with E-state index in [0.717, 1.165) is 11.3 Å². The minimum Gasteiger partial charge on any atom is -0.495 e. The second-order valence-corrected chi connectivity index (χ2v) is 6.98. The summed E-state index contributed by atoms with van der Waals surface area (Å²) < 4.78 is 37.8. The first-order valence-corrected chi connectivity index (χ1v) is 8.82. The molecule has 1 N–H and O–H groups in total. The van der Waals surface area contributed by atoms with Crippen LogP contribution in [0.4, 0.5) is 0 Å². The van der Waals surface area contributed by atoms with Crippen LogP contribution in [0.5, 0.6) is 11.5 Å². The fourth-order valence-corrected chi connectivity index (χ4v) is 3.44. The molecule has 0 atom stereocenters. The van der Waals surface area contributed by atoms with Crippen molar-refractivity contribution in [3.63, 3.8) is 0 Å². The molecule has 0 aromatic heterocycles. The Morgan fingerprint density at radius 3 is 2.57 bits per heavy atom. The van der Waals surface area contributed by atoms with Gasteiger partial charge in [-0.1, -0.05) is 29.8 Å². The first kappa shape index (κ1) is 17.6. The Morgan fingerprint density at radius 1 is 1.13 bits per heavy atom. The van der Waals surface area contributed by atoms with Gasteiger partial charge in [-0.15, -0.1) is 0 Å². The highest BCUT2D eigenvalue weighted by atomic mass is 35.5. The van der Waals surface area contributed by atoms with Gasteiger partial charge in [-0.25, -0.2) is 13.1 Å². The third kappa shape index (κ3) is 4.60. The van der Waals surface area contributed by atoms with Crippen LogP contribution in [0.25, 0.3) is 0 Å². The van der Waals surface area contributed by atoms with Gasteiger partial charge in [0, 0.05) is 11.6 Å². The quantitative estimate of drug-likeness (QED) is 0.775. The summed E-state index contributed by atoms with van der Waals surface area (Å²) in [6, 6.07) is 12.0. The molecule has 2 rings (SSSR count). The molecule has 0 fully saturated rings. The van der Waals surface area contributed by atoms with Gasteiger partial charge in [0.25, 0.3) is 0 Å². The zero-order valence-electron chi connectivity index (χ0n) is 12.9. The van der Waals surface area contributed by atoms with Crippen molar-refractivity contribution < 1.29 is 17.9 Å². The highest BCUT2D eigenvalue weighted by Gasteiger charge is 2.19. The fourth-order valence-electron chi connectivity index (χ4n) is 1.99. The van der Waals surface area contributed by atoms with E-state index < -0.39 is 10.0 Å². The largest absolute Gasteiger partial charge is 0.495 e. The summed E-state index contributed by atoms with van der Waals surface area (Å²) in [7, 11) is -2.32. The maximum atomic E-state index is 12.3. The third-order valence-corrected chi connectivity index (χ3v) is 4.88. The van der Waals surface area contributed by atoms with Crippen LogP contribution in [0.1, 0.15) is 5.56 Å². The molecule has 2 aromatic rings. The topological polar surface area (TPSA) is 64.6 Å². The number of benzene rings is 2. The van der Waals surface area contributed by atoms with E-state index in [4.69, 9.17) is 21.1 Å². The summed E-state index contributed by atoms with van der Waals surface area (Å²) in [6.45, 7) is 2.27. The van der Waals surface area contributed by atoms with E-state index in [2.05, 4.69) is 4.72 Å². The summed E-state index contributed by atoms with van der Waals surface area (Å²) >= 11 is 5.87. The third-order valence-electron chi connectivity index (χ3n) is 3.16. The van der Waals surface area contributed by atoms with Gasteiger partial charge in [0.05, 0.1) is 7.11 Å². The molecular weight excluding hydrogens is 338 g/mol. The zero-order valence-corrected chi connectivity index (χ0v) is 14.4. The second kappa shape index (κ2) is 7.68. The Hall–Kier alpha value is -1.76. The van der Waals surface area contributed by atoms with Gasteiger partial charge in [0.15, 0.2) is 0 Å². The molecule has 0 radical (unpaired) electrons. The molecular formula is C16H18ClNO4S. The second-order valence-electron chi connectivity index (χ2n) is 4.81. The summed E-state index contributed by atoms with van der Waals surface area (Å²) in [5, 5.41) is 0.322. The van der Waals surface area contributed by atoms with Crippen molar-refractivity contribution in [3.8, 4) is 11.5 Å². The summed E-state index contributed by atoms with van der Waals surface area (Å²) in [5.74, 6) is 0.966. The van der Waals surface area contributed by atoms with Gasteiger partial charge in [0.1, 0.15) is 23.0 Å². The van der Waals surface area contributed by atoms with Gasteiger partial charge in [-0.2, -0.15) is 0 Å². The number of rotatable bonds is 7. The molecule has 23 heavy (non-hydrogen) atoms. The summed E-state index contributed by atoms with van der Waals surface area (Å²) in [4.78, 5) is 0.00314. The van der Waals surface area contributed by atoms with Gasteiger partial charge in [-0.05, 0) is 36.8 Å². The summed E-state index contributed by atoms with van der Waals surface area (Å²) in [5.41, 5.74) is 0.992. The van der Waals surface area contributed by atoms with Crippen LogP contribution in [0.15, 0.2) is 47.4 Å². The van der Waals surface area contributed by atoms with E-state index in [1.165, 1.54) is 19.2 Å². The number of aryl methyl sites for hydroxylation is 1. The monoisotopic (exact) mass is 355 g/mol. The lowest BCUT2D eigenvalue weighted by Gasteiger charge is -2.12. The van der Waals surface area contributed by atoms with Crippen LogP contribution < -0.4 is 14.2 Å². The number of hydrogen-bond donors (Lipinski definition) is 1. The molecule has 0 bridgehead atoms. The fraction of sp³-hybridized carbons (Fsp3) is 0.250. The van der Waals surface area contributed by atoms with Crippen molar-refractivity contribution in [1.29, 1.82) is 0 Å². The molecule has 7 heteroatoms. The van der Waals surface area contributed by atoms with Crippen molar-refractivity contribution in [1.82, 2.24) is 4.72 Å². The van der Waals surface area contributed by atoms with E-state index >= 15 is 0 Å². The van der Waals surface area contributed by atoms with Crippen LogP contribution in [0, 0.1) is 6.92 Å². The molecule has 0 saturated carbocycles. The van der Waals surface area contributed by atoms with Crippen molar-refractivity contribution in [2.45, 2.75) is 11.8 Å². The van der Waals surface area contributed by atoms with E-state index in [0.29, 0.717) is 5.02 Å². The van der Waals surface area contributed by atoms with Gasteiger partial charge >= 0.3 is 0 Å². The van der Waals surface area contributed by atoms with E-state index in [-0.39, 0.29) is 23.8 Å². The van der Waals surface area contributed by atoms with E-state index in [1.807, 2.05) is 31.2 Å². The first-order valence-electron chi connectivity index (χ1n) is 6.95. The lowest BCUT2D eigenvalue weighted by atomic mass is 10.2. The number of ether oxygens (including phenoxy) is 2. The SMILES string of the molecule is COc1ccc(Cl)cc1S(=O)(=O)NCCOc1ccccc1C. The maximum absolute atomic E-state index is 12.3. The Bertz CT molecular complexity index is 777. The predicted molar refractivity (Wildman–Crippen MR) is 89.9 cm³/mol. The molecule has 2 aromatic carbocycles. The van der Waals surface area contributed by atoms with Gasteiger partial charge < -0.3 is 9.47 Å². The van der Waals surface area contributed by atoms with Crippen molar-refractivity contribution in [2.24, 2.45) is 0 Å². The normalized spacial score (nSPS) is 11.3. The van der Waals surface area contributed by atoms with Crippen molar-refractivity contribution in [2.75, 3.05) is 20.3 Å². The Labute approximate surface area is 141 Å². The molecule has 0 amide bonds. The molecule has 0 saturated heterocycles. The van der Waals surface area contributed by atoms with Gasteiger partial charge in [-0.3, -0.25) is 0 Å². The molecule has 124 valence electrons. The molecule has 0 aliphatic carbocycles. The lowest BCUT2D eigenvalue weighted by Crippen LogP contribution is -2.28. The molecule has 0 unspecified atom stereocenters. The van der Waals surface area contributed by atoms with Crippen LogP contribution in [0.3, 0.4) is 0 Å². The minimum absolute atomic E-state index is 0.00314. The van der Waals surface area contributed by atoms with Crippen LogP contribution >= 0.6 is 11.6 Å². The van der Waals surface area contributed by atoms with E-state index in [1.54, 1.807) is 6.07 Å². The first-order chi connectivity index (χ1) is 10.9. The number of sulfonamides is 1. The average Bonchev–Trinajstić information content (AvgIpc) is 2.53.